The van der Waals surface area contributed by atoms with Gasteiger partial charge in [0.05, 0.1) is 22.4 Å². The molecule has 4 nitrogen and oxygen atoms in total. The summed E-state index contributed by atoms with van der Waals surface area (Å²) in [4.78, 5) is 0. The monoisotopic (exact) mass is 454 g/mol. The zero-order valence-electron chi connectivity index (χ0n) is 23.4. The standard InChI is InChI=1S/C27H44B2O4/c1-21(2)17-15-19(28-30-24(7,8)25(9,10)31-28)20(16-18(17)22(3,4)23(21,5)6)29-32-26(11,12)27(13,14)33-29/h15-16H,1-14H3. The van der Waals surface area contributed by atoms with Crippen LogP contribution in [0.3, 0.4) is 0 Å². The van der Waals surface area contributed by atoms with E-state index in [0.29, 0.717) is 0 Å². The largest absolute Gasteiger partial charge is 0.494 e. The SMILES string of the molecule is CC1(C)OB(c2cc3c(cc2B2OC(C)(C)C(C)(C)O2)C(C)(C)C(C)(C)C3(C)C)OC1(C)C. The minimum absolute atomic E-state index is 0.0152. The normalized spacial score (nSPS) is 29.4. The summed E-state index contributed by atoms with van der Waals surface area (Å²) >= 11 is 0. The van der Waals surface area contributed by atoms with E-state index < -0.39 is 36.6 Å². The van der Waals surface area contributed by atoms with Crippen LogP contribution in [0.25, 0.3) is 0 Å². The molecule has 4 rings (SSSR count). The maximum Gasteiger partial charge on any atom is 0.494 e. The lowest BCUT2D eigenvalue weighted by Gasteiger charge is -2.44. The van der Waals surface area contributed by atoms with Gasteiger partial charge in [0.25, 0.3) is 0 Å². The van der Waals surface area contributed by atoms with Gasteiger partial charge in [0, 0.05) is 0 Å². The number of benzene rings is 1. The Balaban J connectivity index is 1.94. The summed E-state index contributed by atoms with van der Waals surface area (Å²) in [5.41, 5.74) is 3.12. The number of rotatable bonds is 2. The van der Waals surface area contributed by atoms with Gasteiger partial charge in [-0.15, -0.1) is 0 Å². The van der Waals surface area contributed by atoms with Crippen molar-refractivity contribution in [3.8, 4) is 0 Å². The molecule has 0 radical (unpaired) electrons. The molecule has 1 aromatic rings. The predicted molar refractivity (Wildman–Crippen MR) is 138 cm³/mol. The lowest BCUT2D eigenvalue weighted by Crippen LogP contribution is -2.52. The lowest BCUT2D eigenvalue weighted by atomic mass is 9.59. The van der Waals surface area contributed by atoms with Crippen molar-refractivity contribution >= 4 is 25.2 Å². The van der Waals surface area contributed by atoms with Crippen molar-refractivity contribution in [2.24, 2.45) is 5.41 Å². The van der Waals surface area contributed by atoms with Gasteiger partial charge in [-0.1, -0.05) is 53.7 Å². The summed E-state index contributed by atoms with van der Waals surface area (Å²) in [5, 5.41) is 0. The van der Waals surface area contributed by atoms with Crippen molar-refractivity contribution in [1.82, 2.24) is 0 Å². The third kappa shape index (κ3) is 3.20. The molecule has 2 aliphatic heterocycles. The Bertz CT molecular complexity index is 879. The fourth-order valence-electron chi connectivity index (χ4n) is 5.47. The first kappa shape index (κ1) is 25.3. The third-order valence-corrected chi connectivity index (χ3v) is 10.7. The van der Waals surface area contributed by atoms with E-state index >= 15 is 0 Å². The van der Waals surface area contributed by atoms with E-state index in [9.17, 15) is 0 Å². The van der Waals surface area contributed by atoms with Crippen molar-refractivity contribution in [3.05, 3.63) is 23.3 Å². The van der Waals surface area contributed by atoms with E-state index in [1.54, 1.807) is 0 Å². The van der Waals surface area contributed by atoms with Gasteiger partial charge in [0.2, 0.25) is 0 Å². The first-order valence-electron chi connectivity index (χ1n) is 12.5. The summed E-state index contributed by atoms with van der Waals surface area (Å²) < 4.78 is 26.2. The van der Waals surface area contributed by atoms with Crippen LogP contribution in [-0.4, -0.2) is 36.6 Å². The number of hydrogen-bond donors (Lipinski definition) is 0. The second-order valence-corrected chi connectivity index (χ2v) is 14.1. The highest BCUT2D eigenvalue weighted by molar-refractivity contribution is 6.74. The fourth-order valence-corrected chi connectivity index (χ4v) is 5.47. The molecule has 2 fully saturated rings. The molecule has 3 aliphatic rings. The average molecular weight is 454 g/mol. The van der Waals surface area contributed by atoms with E-state index in [4.69, 9.17) is 18.6 Å². The first-order valence-corrected chi connectivity index (χ1v) is 12.5. The zero-order valence-corrected chi connectivity index (χ0v) is 23.4. The van der Waals surface area contributed by atoms with Gasteiger partial charge in [0.1, 0.15) is 0 Å². The van der Waals surface area contributed by atoms with Crippen LogP contribution < -0.4 is 10.9 Å². The van der Waals surface area contributed by atoms with E-state index in [2.05, 4.69) is 109 Å². The van der Waals surface area contributed by atoms with Crippen LogP contribution in [0.5, 0.6) is 0 Å². The Morgan fingerprint density at radius 2 is 0.697 bits per heavy atom. The number of fused-ring (bicyclic) bond motifs is 1. The summed E-state index contributed by atoms with van der Waals surface area (Å²) in [6.07, 6.45) is 0. The first-order chi connectivity index (χ1) is 14.6. The minimum atomic E-state index is -0.475. The molecule has 0 saturated carbocycles. The molecule has 2 saturated heterocycles. The summed E-state index contributed by atoms with van der Waals surface area (Å²) in [6, 6.07) is 4.66. The predicted octanol–water partition coefficient (Wildman–Crippen LogP) is 4.88. The van der Waals surface area contributed by atoms with Crippen molar-refractivity contribution < 1.29 is 18.6 Å². The van der Waals surface area contributed by atoms with Crippen molar-refractivity contribution in [2.75, 3.05) is 0 Å². The van der Waals surface area contributed by atoms with E-state index in [1.807, 2.05) is 0 Å². The lowest BCUT2D eigenvalue weighted by molar-refractivity contribution is 0.00578. The van der Waals surface area contributed by atoms with Crippen molar-refractivity contribution in [1.29, 1.82) is 0 Å². The van der Waals surface area contributed by atoms with Gasteiger partial charge in [-0.3, -0.25) is 0 Å². The van der Waals surface area contributed by atoms with E-state index in [1.165, 1.54) is 11.1 Å². The fraction of sp³-hybridized carbons (Fsp3) is 0.778. The number of hydrogen-bond acceptors (Lipinski definition) is 4. The molecule has 1 aromatic carbocycles. The van der Waals surface area contributed by atoms with E-state index in [0.717, 1.165) is 10.9 Å². The molecule has 6 heteroatoms. The van der Waals surface area contributed by atoms with Gasteiger partial charge in [0.15, 0.2) is 0 Å². The molecule has 0 bridgehead atoms. The summed E-state index contributed by atoms with van der Waals surface area (Å²) in [7, 11) is -0.950. The molecule has 0 aromatic heterocycles. The molecule has 2 heterocycles. The molecule has 33 heavy (non-hydrogen) atoms. The molecule has 1 aliphatic carbocycles. The van der Waals surface area contributed by atoms with Gasteiger partial charge < -0.3 is 18.6 Å². The highest BCUT2D eigenvalue weighted by Gasteiger charge is 2.60. The van der Waals surface area contributed by atoms with Gasteiger partial charge >= 0.3 is 14.2 Å². The van der Waals surface area contributed by atoms with Crippen LogP contribution in [-0.2, 0) is 29.4 Å². The van der Waals surface area contributed by atoms with E-state index in [-0.39, 0.29) is 16.2 Å². The van der Waals surface area contributed by atoms with Crippen molar-refractivity contribution in [3.63, 3.8) is 0 Å². The Labute approximate surface area is 202 Å². The van der Waals surface area contributed by atoms with Crippen LogP contribution in [0.1, 0.15) is 108 Å². The average Bonchev–Trinajstić information content (AvgIpc) is 3.03. The molecule has 0 unspecified atom stereocenters. The highest BCUT2D eigenvalue weighted by atomic mass is 16.7. The quantitative estimate of drug-likeness (QED) is 0.598. The molecular weight excluding hydrogens is 410 g/mol. The second-order valence-electron chi connectivity index (χ2n) is 14.1. The highest BCUT2D eigenvalue weighted by Crippen LogP contribution is 2.61. The topological polar surface area (TPSA) is 36.9 Å². The van der Waals surface area contributed by atoms with Crippen LogP contribution in [0.15, 0.2) is 12.1 Å². The zero-order chi connectivity index (χ0) is 25.2. The maximum absolute atomic E-state index is 6.55. The third-order valence-electron chi connectivity index (χ3n) is 10.7. The molecular formula is C27H44B2O4. The molecule has 0 N–H and O–H groups in total. The van der Waals surface area contributed by atoms with Crippen LogP contribution in [0.4, 0.5) is 0 Å². The molecule has 0 spiro atoms. The van der Waals surface area contributed by atoms with Crippen LogP contribution >= 0.6 is 0 Å². The van der Waals surface area contributed by atoms with Gasteiger partial charge in [-0.25, -0.2) is 0 Å². The second kappa shape index (κ2) is 6.69. The Kier molecular flexibility index (Phi) is 5.13. The summed E-state index contributed by atoms with van der Waals surface area (Å²) in [5.74, 6) is 0. The smallest absolute Gasteiger partial charge is 0.399 e. The van der Waals surface area contributed by atoms with Gasteiger partial charge in [-0.2, -0.15) is 0 Å². The summed E-state index contributed by atoms with van der Waals surface area (Å²) in [6.45, 7) is 31.0. The Morgan fingerprint density at radius 1 is 0.455 bits per heavy atom. The van der Waals surface area contributed by atoms with Crippen LogP contribution in [0.2, 0.25) is 0 Å². The Morgan fingerprint density at radius 3 is 0.939 bits per heavy atom. The maximum atomic E-state index is 6.55. The minimum Gasteiger partial charge on any atom is -0.399 e. The Hall–Kier alpha value is -0.810. The molecule has 0 amide bonds. The van der Waals surface area contributed by atoms with Gasteiger partial charge in [-0.05, 0) is 93.7 Å². The molecule has 0 atom stereocenters. The van der Waals surface area contributed by atoms with Crippen molar-refractivity contribution in [2.45, 2.75) is 130 Å². The van der Waals surface area contributed by atoms with Crippen LogP contribution in [0, 0.1) is 5.41 Å². The molecule has 182 valence electrons.